The molecule has 0 saturated heterocycles. The van der Waals surface area contributed by atoms with Gasteiger partial charge >= 0.3 is 5.30 Å². The molecule has 0 spiro atoms. The van der Waals surface area contributed by atoms with E-state index >= 15 is 0 Å². The van der Waals surface area contributed by atoms with Gasteiger partial charge in [-0.2, -0.15) is 0 Å². The molecular formula is C6H9O2S. The molecule has 3 heteroatoms. The van der Waals surface area contributed by atoms with Crippen LogP contribution in [0.5, 0.6) is 0 Å². The van der Waals surface area contributed by atoms with Gasteiger partial charge < -0.3 is 4.74 Å². The monoisotopic (exact) mass is 145 g/mol. The Bertz CT molecular complexity index is 110. The van der Waals surface area contributed by atoms with Gasteiger partial charge in [-0.05, 0) is 12.5 Å². The molecule has 0 aromatic carbocycles. The Labute approximate surface area is 60.3 Å². The first-order chi connectivity index (χ1) is 4.27. The highest BCUT2D eigenvalue weighted by molar-refractivity contribution is 7.96. The van der Waals surface area contributed by atoms with Crippen LogP contribution in [0.15, 0.2) is 12.3 Å². The molecular weight excluding hydrogens is 136 g/mol. The Hall–Kier alpha value is -0.570. The van der Waals surface area contributed by atoms with E-state index in [-0.39, 0.29) is 0 Å². The van der Waals surface area contributed by atoms with E-state index in [4.69, 9.17) is 0 Å². The minimum atomic E-state index is -0.678. The van der Waals surface area contributed by atoms with Gasteiger partial charge in [-0.15, -0.1) is 0 Å². The van der Waals surface area contributed by atoms with E-state index in [0.29, 0.717) is 0 Å². The van der Waals surface area contributed by atoms with Crippen LogP contribution < -0.4 is 0 Å². The third-order valence-corrected chi connectivity index (χ3v) is 0.812. The van der Waals surface area contributed by atoms with Crippen molar-refractivity contribution in [3.8, 4) is 0 Å². The molecule has 0 fully saturated rings. The molecule has 0 aromatic heterocycles. The molecule has 0 aromatic rings. The fourth-order valence-corrected chi connectivity index (χ4v) is 0.394. The first-order valence-corrected chi connectivity index (χ1v) is 3.21. The van der Waals surface area contributed by atoms with Gasteiger partial charge in [-0.3, -0.25) is 0 Å². The Morgan fingerprint density at radius 2 is 2.44 bits per heavy atom. The molecule has 0 bridgehead atoms. The van der Waals surface area contributed by atoms with Crippen LogP contribution in [-0.2, 0) is 4.74 Å². The van der Waals surface area contributed by atoms with Crippen LogP contribution in [0.3, 0.4) is 0 Å². The van der Waals surface area contributed by atoms with Gasteiger partial charge in [0, 0.05) is 12.6 Å². The smallest absolute Gasteiger partial charge is 0.404 e. The maximum Gasteiger partial charge on any atom is 0.404 e. The molecule has 0 amide bonds. The standard InChI is InChI=1S/C6H9O2S/c1-2-3-4-5-8-6(7)9/h4-5H,2-3H2,1H3. The summed E-state index contributed by atoms with van der Waals surface area (Å²) in [6.45, 7) is 2.04. The predicted molar refractivity (Wildman–Crippen MR) is 38.1 cm³/mol. The summed E-state index contributed by atoms with van der Waals surface area (Å²) >= 11 is 4.12. The summed E-state index contributed by atoms with van der Waals surface area (Å²) in [7, 11) is 0. The summed E-state index contributed by atoms with van der Waals surface area (Å²) in [5.41, 5.74) is 0. The predicted octanol–water partition coefficient (Wildman–Crippen LogP) is 2.63. The Morgan fingerprint density at radius 1 is 1.78 bits per heavy atom. The number of ether oxygens (including phenoxy) is 1. The Balaban J connectivity index is 3.14. The molecule has 0 heterocycles. The van der Waals surface area contributed by atoms with E-state index in [1.165, 1.54) is 6.26 Å². The number of rotatable bonds is 3. The van der Waals surface area contributed by atoms with E-state index in [1.54, 1.807) is 6.08 Å². The lowest BCUT2D eigenvalue weighted by atomic mass is 10.3. The maximum absolute atomic E-state index is 9.95. The zero-order valence-corrected chi connectivity index (χ0v) is 6.11. The van der Waals surface area contributed by atoms with Crippen molar-refractivity contribution in [2.45, 2.75) is 19.8 Å². The lowest BCUT2D eigenvalue weighted by molar-refractivity contribution is 0.214. The van der Waals surface area contributed by atoms with Crippen LogP contribution in [0.2, 0.25) is 0 Å². The molecule has 0 N–H and O–H groups in total. The highest BCUT2D eigenvalue weighted by atomic mass is 32.1. The summed E-state index contributed by atoms with van der Waals surface area (Å²) in [4.78, 5) is 9.95. The molecule has 1 radical (unpaired) electrons. The second-order valence-corrected chi connectivity index (χ2v) is 1.86. The average molecular weight is 145 g/mol. The summed E-state index contributed by atoms with van der Waals surface area (Å²) in [5, 5.41) is -0.678. The Kier molecular flexibility index (Phi) is 5.21. The number of allylic oxidation sites excluding steroid dienone is 1. The second kappa shape index (κ2) is 5.56. The average Bonchev–Trinajstić information content (AvgIpc) is 1.80. The quantitative estimate of drug-likeness (QED) is 0.450. The number of unbranched alkanes of at least 4 members (excludes halogenated alkanes) is 1. The van der Waals surface area contributed by atoms with Crippen molar-refractivity contribution in [2.75, 3.05) is 0 Å². The maximum atomic E-state index is 9.95. The topological polar surface area (TPSA) is 26.3 Å². The van der Waals surface area contributed by atoms with Gasteiger partial charge in [0.05, 0.1) is 6.26 Å². The van der Waals surface area contributed by atoms with Crippen LogP contribution in [-0.4, -0.2) is 5.30 Å². The fourth-order valence-electron chi connectivity index (χ4n) is 0.338. The third kappa shape index (κ3) is 7.43. The van der Waals surface area contributed by atoms with E-state index in [0.717, 1.165) is 12.8 Å². The minimum absolute atomic E-state index is 0.678. The lowest BCUT2D eigenvalue weighted by Crippen LogP contribution is -1.81. The summed E-state index contributed by atoms with van der Waals surface area (Å²) in [6, 6.07) is 0. The molecule has 0 aliphatic rings. The van der Waals surface area contributed by atoms with Crippen LogP contribution >= 0.6 is 12.6 Å². The van der Waals surface area contributed by atoms with Crippen LogP contribution in [0.1, 0.15) is 19.8 Å². The molecule has 0 saturated carbocycles. The van der Waals surface area contributed by atoms with Gasteiger partial charge in [0.1, 0.15) is 0 Å². The van der Waals surface area contributed by atoms with E-state index in [2.05, 4.69) is 17.4 Å². The highest BCUT2D eigenvalue weighted by Crippen LogP contribution is 1.91. The van der Waals surface area contributed by atoms with Crippen molar-refractivity contribution in [1.82, 2.24) is 0 Å². The molecule has 51 valence electrons. The van der Waals surface area contributed by atoms with Crippen LogP contribution in [0.25, 0.3) is 0 Å². The number of carbonyl (C=O) groups excluding carboxylic acids is 1. The first-order valence-electron chi connectivity index (χ1n) is 2.80. The van der Waals surface area contributed by atoms with Crippen molar-refractivity contribution in [3.05, 3.63) is 12.3 Å². The number of hydrogen-bond acceptors (Lipinski definition) is 2. The van der Waals surface area contributed by atoms with E-state index in [1.807, 2.05) is 6.92 Å². The van der Waals surface area contributed by atoms with Crippen LogP contribution in [0.4, 0.5) is 4.79 Å². The van der Waals surface area contributed by atoms with Crippen molar-refractivity contribution in [2.24, 2.45) is 0 Å². The molecule has 0 aliphatic carbocycles. The van der Waals surface area contributed by atoms with Gasteiger partial charge in [-0.25, -0.2) is 4.79 Å². The van der Waals surface area contributed by atoms with Crippen molar-refractivity contribution in [3.63, 3.8) is 0 Å². The summed E-state index contributed by atoms with van der Waals surface area (Å²) < 4.78 is 4.34. The normalized spacial score (nSPS) is 9.89. The largest absolute Gasteiger partial charge is 0.423 e. The van der Waals surface area contributed by atoms with Crippen molar-refractivity contribution in [1.29, 1.82) is 0 Å². The first kappa shape index (κ1) is 8.43. The van der Waals surface area contributed by atoms with Crippen molar-refractivity contribution >= 4 is 17.9 Å². The molecule has 0 unspecified atom stereocenters. The van der Waals surface area contributed by atoms with Crippen molar-refractivity contribution < 1.29 is 9.53 Å². The highest BCUT2D eigenvalue weighted by Gasteiger charge is 1.86. The summed E-state index contributed by atoms with van der Waals surface area (Å²) in [6.07, 6.45) is 5.07. The van der Waals surface area contributed by atoms with Gasteiger partial charge in [-0.1, -0.05) is 13.3 Å². The van der Waals surface area contributed by atoms with Gasteiger partial charge in [0.2, 0.25) is 0 Å². The Morgan fingerprint density at radius 3 is 2.89 bits per heavy atom. The zero-order chi connectivity index (χ0) is 7.11. The molecule has 2 nitrogen and oxygen atoms in total. The molecule has 0 rings (SSSR count). The number of hydrogen-bond donors (Lipinski definition) is 0. The zero-order valence-electron chi connectivity index (χ0n) is 5.29. The fraction of sp³-hybridized carbons (Fsp3) is 0.500. The van der Waals surface area contributed by atoms with Crippen LogP contribution in [0, 0.1) is 0 Å². The molecule has 0 aliphatic heterocycles. The SMILES string of the molecule is CCCC=COC(=O)[S]. The van der Waals surface area contributed by atoms with Gasteiger partial charge in [0.25, 0.3) is 0 Å². The summed E-state index contributed by atoms with van der Waals surface area (Å²) in [5.74, 6) is 0. The third-order valence-electron chi connectivity index (χ3n) is 0.716. The van der Waals surface area contributed by atoms with E-state index in [9.17, 15) is 4.79 Å². The molecule has 9 heavy (non-hydrogen) atoms. The lowest BCUT2D eigenvalue weighted by Gasteiger charge is -1.86. The minimum Gasteiger partial charge on any atom is -0.423 e. The second-order valence-electron chi connectivity index (χ2n) is 1.53. The van der Waals surface area contributed by atoms with E-state index < -0.39 is 5.30 Å². The number of carbonyl (C=O) groups is 1. The van der Waals surface area contributed by atoms with Gasteiger partial charge in [0.15, 0.2) is 0 Å². The molecule has 0 atom stereocenters.